The lowest BCUT2D eigenvalue weighted by Gasteiger charge is -2.32. The third-order valence-electron chi connectivity index (χ3n) is 3.82. The number of nitrogens with zero attached hydrogens (tertiary/aromatic N) is 5. The van der Waals surface area contributed by atoms with Crippen molar-refractivity contribution < 1.29 is 8.42 Å². The third-order valence-corrected chi connectivity index (χ3v) is 5.13. The second-order valence-corrected chi connectivity index (χ2v) is 7.44. The molecule has 1 saturated heterocycles. The molecule has 0 aromatic carbocycles. The Morgan fingerprint density at radius 3 is 2.59 bits per heavy atom. The first-order chi connectivity index (χ1) is 10.3. The van der Waals surface area contributed by atoms with Crippen LogP contribution in [0.15, 0.2) is 11.0 Å². The van der Waals surface area contributed by atoms with Gasteiger partial charge in [0, 0.05) is 33.2 Å². The summed E-state index contributed by atoms with van der Waals surface area (Å²) < 4.78 is 26.0. The Bertz CT molecular complexity index is 847. The molecule has 22 heavy (non-hydrogen) atoms. The van der Waals surface area contributed by atoms with E-state index >= 15 is 0 Å². The number of nitrogens with one attached hydrogen (secondary N) is 1. The molecule has 0 bridgehead atoms. The van der Waals surface area contributed by atoms with E-state index in [-0.39, 0.29) is 5.56 Å². The minimum absolute atomic E-state index is 0.206. The maximum Gasteiger partial charge on any atom is 0.262 e. The monoisotopic (exact) mass is 326 g/mol. The molecule has 1 fully saturated rings. The molecule has 0 unspecified atom stereocenters. The van der Waals surface area contributed by atoms with Crippen LogP contribution in [0.3, 0.4) is 0 Å². The van der Waals surface area contributed by atoms with Crippen LogP contribution in [0, 0.1) is 0 Å². The highest BCUT2D eigenvalue weighted by molar-refractivity contribution is 7.88. The maximum absolute atomic E-state index is 12.0. The summed E-state index contributed by atoms with van der Waals surface area (Å²) in [4.78, 5) is 21.2. The van der Waals surface area contributed by atoms with E-state index in [1.807, 2.05) is 0 Å². The summed E-state index contributed by atoms with van der Waals surface area (Å²) in [5, 5.41) is 4.49. The van der Waals surface area contributed by atoms with E-state index in [1.54, 1.807) is 11.7 Å². The molecule has 9 nitrogen and oxygen atoms in total. The molecule has 3 heterocycles. The van der Waals surface area contributed by atoms with E-state index in [1.165, 1.54) is 16.8 Å². The van der Waals surface area contributed by atoms with E-state index in [4.69, 9.17) is 0 Å². The lowest BCUT2D eigenvalue weighted by atomic mass is 10.3. The SMILES string of the molecule is Cn1ncc2c(=O)[nH]c(CN3CCN(S(C)(=O)=O)CC3)nc21. The zero-order valence-corrected chi connectivity index (χ0v) is 13.3. The number of H-pyrrole nitrogens is 1. The highest BCUT2D eigenvalue weighted by atomic mass is 32.2. The summed E-state index contributed by atoms with van der Waals surface area (Å²) in [6.07, 6.45) is 2.72. The first-order valence-electron chi connectivity index (χ1n) is 6.93. The second-order valence-electron chi connectivity index (χ2n) is 5.46. The number of sulfonamides is 1. The van der Waals surface area contributed by atoms with Gasteiger partial charge in [0.1, 0.15) is 11.2 Å². The molecular weight excluding hydrogens is 308 g/mol. The summed E-state index contributed by atoms with van der Waals surface area (Å²) in [5.74, 6) is 0.564. The molecule has 0 amide bonds. The molecule has 0 saturated carbocycles. The maximum atomic E-state index is 12.0. The van der Waals surface area contributed by atoms with E-state index in [9.17, 15) is 13.2 Å². The number of aryl methyl sites for hydroxylation is 1. The molecule has 0 atom stereocenters. The van der Waals surface area contributed by atoms with Crippen molar-refractivity contribution in [3.8, 4) is 0 Å². The molecule has 2 aromatic heterocycles. The van der Waals surface area contributed by atoms with Crippen LogP contribution in [0.25, 0.3) is 11.0 Å². The molecule has 1 aliphatic rings. The zero-order chi connectivity index (χ0) is 15.9. The first-order valence-corrected chi connectivity index (χ1v) is 8.78. The Labute approximate surface area is 127 Å². The number of piperazine rings is 1. The van der Waals surface area contributed by atoms with Crippen molar-refractivity contribution in [2.24, 2.45) is 7.05 Å². The van der Waals surface area contributed by atoms with Crippen molar-refractivity contribution in [1.29, 1.82) is 0 Å². The van der Waals surface area contributed by atoms with Crippen molar-refractivity contribution in [3.63, 3.8) is 0 Å². The molecular formula is C12H18N6O3S. The van der Waals surface area contributed by atoms with Crippen molar-refractivity contribution in [1.82, 2.24) is 29.0 Å². The fraction of sp³-hybridized carbons (Fsp3) is 0.583. The van der Waals surface area contributed by atoms with Crippen molar-refractivity contribution >= 4 is 21.1 Å². The van der Waals surface area contributed by atoms with Crippen LogP contribution in [0.1, 0.15) is 5.82 Å². The topological polar surface area (TPSA) is 104 Å². The summed E-state index contributed by atoms with van der Waals surface area (Å²) in [5.41, 5.74) is 0.344. The fourth-order valence-corrected chi connectivity index (χ4v) is 3.41. The molecule has 0 spiro atoms. The van der Waals surface area contributed by atoms with E-state index < -0.39 is 10.0 Å². The number of rotatable bonds is 3. The van der Waals surface area contributed by atoms with Gasteiger partial charge >= 0.3 is 0 Å². The van der Waals surface area contributed by atoms with Gasteiger partial charge in [0.25, 0.3) is 5.56 Å². The summed E-state index contributed by atoms with van der Waals surface area (Å²) in [6.45, 7) is 2.61. The molecule has 0 aliphatic carbocycles. The van der Waals surface area contributed by atoms with Crippen molar-refractivity contribution in [3.05, 3.63) is 22.4 Å². The Kier molecular flexibility index (Phi) is 3.75. The van der Waals surface area contributed by atoms with E-state index in [0.717, 1.165) is 0 Å². The number of aromatic amines is 1. The lowest BCUT2D eigenvalue weighted by Crippen LogP contribution is -2.48. The van der Waals surface area contributed by atoms with Gasteiger partial charge in [-0.25, -0.2) is 13.4 Å². The average molecular weight is 326 g/mol. The average Bonchev–Trinajstić information content (AvgIpc) is 2.81. The van der Waals surface area contributed by atoms with Crippen LogP contribution < -0.4 is 5.56 Å². The standard InChI is InChI=1S/C12H18N6O3S/c1-16-11-9(7-13-16)12(19)15-10(14-11)8-17-3-5-18(6-4-17)22(2,20)21/h7H,3-6,8H2,1-2H3,(H,14,15,19). The minimum Gasteiger partial charge on any atom is -0.309 e. The van der Waals surface area contributed by atoms with Crippen LogP contribution in [0.5, 0.6) is 0 Å². The van der Waals surface area contributed by atoms with Crippen LogP contribution >= 0.6 is 0 Å². The Hall–Kier alpha value is -1.78. The largest absolute Gasteiger partial charge is 0.309 e. The molecule has 1 N–H and O–H groups in total. The first kappa shape index (κ1) is 15.1. The van der Waals surface area contributed by atoms with E-state index in [2.05, 4.69) is 20.0 Å². The van der Waals surface area contributed by atoms with Gasteiger partial charge in [0.2, 0.25) is 10.0 Å². The molecule has 10 heteroatoms. The summed E-state index contributed by atoms with van der Waals surface area (Å²) >= 11 is 0. The van der Waals surface area contributed by atoms with E-state index in [0.29, 0.717) is 49.6 Å². The second kappa shape index (κ2) is 5.45. The van der Waals surface area contributed by atoms with Gasteiger partial charge in [-0.2, -0.15) is 9.40 Å². The minimum atomic E-state index is -3.13. The Morgan fingerprint density at radius 2 is 1.95 bits per heavy atom. The number of aromatic nitrogens is 4. The molecule has 1 aliphatic heterocycles. The number of hydrogen-bond donors (Lipinski definition) is 1. The highest BCUT2D eigenvalue weighted by Gasteiger charge is 2.23. The summed E-state index contributed by atoms with van der Waals surface area (Å²) in [7, 11) is -1.39. The van der Waals surface area contributed by atoms with Crippen LogP contribution in [0.2, 0.25) is 0 Å². The lowest BCUT2D eigenvalue weighted by molar-refractivity contribution is 0.178. The highest BCUT2D eigenvalue weighted by Crippen LogP contribution is 2.10. The summed E-state index contributed by atoms with van der Waals surface area (Å²) in [6, 6.07) is 0. The predicted molar refractivity (Wildman–Crippen MR) is 80.8 cm³/mol. The van der Waals surface area contributed by atoms with Gasteiger partial charge in [0.05, 0.1) is 19.0 Å². The van der Waals surface area contributed by atoms with Gasteiger partial charge < -0.3 is 4.98 Å². The van der Waals surface area contributed by atoms with Crippen LogP contribution in [-0.4, -0.2) is 69.8 Å². The van der Waals surface area contributed by atoms with Gasteiger partial charge in [-0.05, 0) is 0 Å². The van der Waals surface area contributed by atoms with Crippen LogP contribution in [-0.2, 0) is 23.6 Å². The third kappa shape index (κ3) is 2.89. The van der Waals surface area contributed by atoms with Gasteiger partial charge in [-0.3, -0.25) is 14.4 Å². The zero-order valence-electron chi connectivity index (χ0n) is 12.5. The molecule has 0 radical (unpaired) electrons. The van der Waals surface area contributed by atoms with Gasteiger partial charge in [-0.15, -0.1) is 0 Å². The van der Waals surface area contributed by atoms with Crippen molar-refractivity contribution in [2.75, 3.05) is 32.4 Å². The van der Waals surface area contributed by atoms with Gasteiger partial charge in [0.15, 0.2) is 5.65 Å². The fourth-order valence-electron chi connectivity index (χ4n) is 2.58. The smallest absolute Gasteiger partial charge is 0.262 e. The van der Waals surface area contributed by atoms with Crippen LogP contribution in [0.4, 0.5) is 0 Å². The Morgan fingerprint density at radius 1 is 1.27 bits per heavy atom. The normalized spacial score (nSPS) is 18.1. The predicted octanol–water partition coefficient (Wildman–Crippen LogP) is -1.27. The molecule has 3 rings (SSSR count). The number of hydrogen-bond acceptors (Lipinski definition) is 6. The van der Waals surface area contributed by atoms with Gasteiger partial charge in [-0.1, -0.05) is 0 Å². The number of fused-ring (bicyclic) bond motifs is 1. The quantitative estimate of drug-likeness (QED) is 0.754. The Balaban J connectivity index is 1.75. The molecule has 120 valence electrons. The molecule has 2 aromatic rings. The van der Waals surface area contributed by atoms with Crippen molar-refractivity contribution in [2.45, 2.75) is 6.54 Å².